The standard InChI is InChI=1S/C17H28BrN/c1-4-5-6-7-8-9-14-19-17(2,3)15-10-12-16(18)13-11-15/h10-13,19H,4-9,14H2,1-3H3. The highest BCUT2D eigenvalue weighted by atomic mass is 79.9. The average Bonchev–Trinajstić information content (AvgIpc) is 2.38. The maximum absolute atomic E-state index is 3.67. The molecule has 1 rings (SSSR count). The van der Waals surface area contributed by atoms with Gasteiger partial charge in [0.15, 0.2) is 0 Å². The lowest BCUT2D eigenvalue weighted by Gasteiger charge is -2.27. The van der Waals surface area contributed by atoms with Crippen molar-refractivity contribution in [2.45, 2.75) is 64.8 Å². The molecule has 0 aliphatic heterocycles. The van der Waals surface area contributed by atoms with Gasteiger partial charge in [-0.2, -0.15) is 0 Å². The van der Waals surface area contributed by atoms with Crippen molar-refractivity contribution < 1.29 is 0 Å². The summed E-state index contributed by atoms with van der Waals surface area (Å²) in [6.45, 7) is 7.89. The molecule has 0 aliphatic carbocycles. The normalized spacial score (nSPS) is 11.8. The minimum atomic E-state index is 0.0596. The highest BCUT2D eigenvalue weighted by Gasteiger charge is 2.18. The van der Waals surface area contributed by atoms with E-state index in [2.05, 4.69) is 66.3 Å². The summed E-state index contributed by atoms with van der Waals surface area (Å²) in [4.78, 5) is 0. The van der Waals surface area contributed by atoms with Gasteiger partial charge in [-0.3, -0.25) is 0 Å². The molecule has 0 radical (unpaired) electrons. The second-order valence-electron chi connectivity index (χ2n) is 5.83. The minimum absolute atomic E-state index is 0.0596. The van der Waals surface area contributed by atoms with Crippen LogP contribution in [0.3, 0.4) is 0 Å². The molecule has 0 aliphatic rings. The van der Waals surface area contributed by atoms with Gasteiger partial charge in [-0.15, -0.1) is 0 Å². The molecule has 108 valence electrons. The third-order valence-electron chi connectivity index (χ3n) is 3.66. The average molecular weight is 326 g/mol. The Labute approximate surface area is 127 Å². The minimum Gasteiger partial charge on any atom is -0.308 e. The molecule has 0 spiro atoms. The molecule has 0 saturated carbocycles. The fraction of sp³-hybridized carbons (Fsp3) is 0.647. The van der Waals surface area contributed by atoms with Crippen molar-refractivity contribution in [1.82, 2.24) is 5.32 Å². The van der Waals surface area contributed by atoms with Gasteiger partial charge in [-0.05, 0) is 44.5 Å². The van der Waals surface area contributed by atoms with E-state index < -0.39 is 0 Å². The molecule has 1 N–H and O–H groups in total. The van der Waals surface area contributed by atoms with Crippen LogP contribution in [0.2, 0.25) is 0 Å². The monoisotopic (exact) mass is 325 g/mol. The highest BCUT2D eigenvalue weighted by Crippen LogP contribution is 2.22. The maximum Gasteiger partial charge on any atom is 0.0377 e. The van der Waals surface area contributed by atoms with Gasteiger partial charge in [0.1, 0.15) is 0 Å². The first-order chi connectivity index (χ1) is 9.06. The molecule has 0 aromatic heterocycles. The SMILES string of the molecule is CCCCCCCCNC(C)(C)c1ccc(Br)cc1. The lowest BCUT2D eigenvalue weighted by molar-refractivity contribution is 0.394. The number of hydrogen-bond donors (Lipinski definition) is 1. The molecule has 0 bridgehead atoms. The Morgan fingerprint density at radius 1 is 0.947 bits per heavy atom. The van der Waals surface area contributed by atoms with Crippen LogP contribution in [-0.4, -0.2) is 6.54 Å². The molecule has 1 nitrogen and oxygen atoms in total. The van der Waals surface area contributed by atoms with Gasteiger partial charge in [0.05, 0.1) is 0 Å². The van der Waals surface area contributed by atoms with Crippen LogP contribution in [0.5, 0.6) is 0 Å². The molecule has 0 heterocycles. The molecule has 0 fully saturated rings. The highest BCUT2D eigenvalue weighted by molar-refractivity contribution is 9.10. The maximum atomic E-state index is 3.67. The summed E-state index contributed by atoms with van der Waals surface area (Å²) in [5.74, 6) is 0. The van der Waals surface area contributed by atoms with Gasteiger partial charge in [-0.25, -0.2) is 0 Å². The zero-order valence-electron chi connectivity index (χ0n) is 12.6. The van der Waals surface area contributed by atoms with E-state index in [0.717, 1.165) is 11.0 Å². The van der Waals surface area contributed by atoms with Crippen LogP contribution in [0, 0.1) is 0 Å². The smallest absolute Gasteiger partial charge is 0.0377 e. The fourth-order valence-corrected chi connectivity index (χ4v) is 2.54. The molecular weight excluding hydrogens is 298 g/mol. The molecule has 2 heteroatoms. The predicted molar refractivity (Wildman–Crippen MR) is 88.5 cm³/mol. The summed E-state index contributed by atoms with van der Waals surface area (Å²) in [7, 11) is 0. The van der Waals surface area contributed by atoms with Crippen molar-refractivity contribution >= 4 is 15.9 Å². The number of hydrogen-bond acceptors (Lipinski definition) is 1. The van der Waals surface area contributed by atoms with Crippen LogP contribution in [0.25, 0.3) is 0 Å². The van der Waals surface area contributed by atoms with Crippen LogP contribution in [0.15, 0.2) is 28.7 Å². The summed E-state index contributed by atoms with van der Waals surface area (Å²) < 4.78 is 1.14. The van der Waals surface area contributed by atoms with Crippen LogP contribution in [-0.2, 0) is 5.54 Å². The van der Waals surface area contributed by atoms with E-state index in [1.165, 1.54) is 44.1 Å². The van der Waals surface area contributed by atoms with Gasteiger partial charge >= 0.3 is 0 Å². The predicted octanol–water partition coefficient (Wildman–Crippen LogP) is 5.63. The Hall–Kier alpha value is -0.340. The van der Waals surface area contributed by atoms with Gasteiger partial charge in [0.2, 0.25) is 0 Å². The van der Waals surface area contributed by atoms with Gasteiger partial charge in [0.25, 0.3) is 0 Å². The van der Waals surface area contributed by atoms with Crippen LogP contribution < -0.4 is 5.32 Å². The Morgan fingerprint density at radius 3 is 2.16 bits per heavy atom. The largest absolute Gasteiger partial charge is 0.308 e. The second kappa shape index (κ2) is 8.76. The van der Waals surface area contributed by atoms with Crippen molar-refractivity contribution in [3.8, 4) is 0 Å². The number of benzene rings is 1. The molecule has 0 saturated heterocycles. The van der Waals surface area contributed by atoms with Crippen LogP contribution >= 0.6 is 15.9 Å². The molecule has 19 heavy (non-hydrogen) atoms. The first-order valence-corrected chi connectivity index (χ1v) is 8.36. The van der Waals surface area contributed by atoms with Crippen molar-refractivity contribution in [1.29, 1.82) is 0 Å². The zero-order chi connectivity index (χ0) is 14.1. The molecule has 1 aromatic carbocycles. The van der Waals surface area contributed by atoms with E-state index >= 15 is 0 Å². The van der Waals surface area contributed by atoms with E-state index in [1.807, 2.05) is 0 Å². The topological polar surface area (TPSA) is 12.0 Å². The zero-order valence-corrected chi connectivity index (χ0v) is 14.2. The lowest BCUT2D eigenvalue weighted by Crippen LogP contribution is -2.37. The number of unbranched alkanes of at least 4 members (excludes halogenated alkanes) is 5. The molecule has 0 atom stereocenters. The molecule has 0 unspecified atom stereocenters. The third-order valence-corrected chi connectivity index (χ3v) is 4.19. The summed E-state index contributed by atoms with van der Waals surface area (Å²) in [5, 5.41) is 3.67. The first kappa shape index (κ1) is 16.7. The molecule has 1 aromatic rings. The Bertz CT molecular complexity index is 343. The number of nitrogens with one attached hydrogen (secondary N) is 1. The van der Waals surface area contributed by atoms with Gasteiger partial charge in [-0.1, -0.05) is 67.1 Å². The molecule has 0 amide bonds. The quantitative estimate of drug-likeness (QED) is 0.580. The van der Waals surface area contributed by atoms with Crippen molar-refractivity contribution in [3.63, 3.8) is 0 Å². The number of rotatable bonds is 9. The van der Waals surface area contributed by atoms with Gasteiger partial charge < -0.3 is 5.32 Å². The van der Waals surface area contributed by atoms with Gasteiger partial charge in [0, 0.05) is 10.0 Å². The Morgan fingerprint density at radius 2 is 1.53 bits per heavy atom. The second-order valence-corrected chi connectivity index (χ2v) is 6.74. The number of halogens is 1. The summed E-state index contributed by atoms with van der Waals surface area (Å²) >= 11 is 3.49. The summed E-state index contributed by atoms with van der Waals surface area (Å²) in [6, 6.07) is 8.61. The van der Waals surface area contributed by atoms with Crippen molar-refractivity contribution in [2.75, 3.05) is 6.54 Å². The van der Waals surface area contributed by atoms with E-state index in [9.17, 15) is 0 Å². The summed E-state index contributed by atoms with van der Waals surface area (Å²) in [6.07, 6.45) is 8.13. The van der Waals surface area contributed by atoms with E-state index in [1.54, 1.807) is 0 Å². The lowest BCUT2D eigenvalue weighted by atomic mass is 9.94. The Balaban J connectivity index is 2.25. The fourth-order valence-electron chi connectivity index (χ4n) is 2.27. The van der Waals surface area contributed by atoms with Crippen molar-refractivity contribution in [3.05, 3.63) is 34.3 Å². The first-order valence-electron chi connectivity index (χ1n) is 7.57. The van der Waals surface area contributed by atoms with E-state index in [0.29, 0.717) is 0 Å². The molecular formula is C17H28BrN. The van der Waals surface area contributed by atoms with Crippen LogP contribution in [0.4, 0.5) is 0 Å². The Kier molecular flexibility index (Phi) is 7.70. The van der Waals surface area contributed by atoms with Crippen molar-refractivity contribution in [2.24, 2.45) is 0 Å². The van der Waals surface area contributed by atoms with E-state index in [4.69, 9.17) is 0 Å². The van der Waals surface area contributed by atoms with E-state index in [-0.39, 0.29) is 5.54 Å². The third kappa shape index (κ3) is 6.58. The summed E-state index contributed by atoms with van der Waals surface area (Å²) in [5.41, 5.74) is 1.41. The van der Waals surface area contributed by atoms with Crippen LogP contribution in [0.1, 0.15) is 64.9 Å².